The number of amides is 1. The summed E-state index contributed by atoms with van der Waals surface area (Å²) >= 11 is -0.485. The molecule has 2 aromatic carbocycles. The van der Waals surface area contributed by atoms with Crippen molar-refractivity contribution in [3.05, 3.63) is 71.3 Å². The quantitative estimate of drug-likeness (QED) is 0.485. The Morgan fingerprint density at radius 3 is 2.38 bits per heavy atom. The number of alkyl halides is 1. The third-order valence-corrected chi connectivity index (χ3v) is 9.71. The number of carbonyl (C=O) groups is 1. The molecule has 4 nitrogen and oxygen atoms in total. The average Bonchev–Trinajstić information content (AvgIpc) is 3.02. The number of hydrogen-bond acceptors (Lipinski definition) is 3. The number of halogens is 1. The molecule has 1 saturated heterocycles. The van der Waals surface area contributed by atoms with Gasteiger partial charge in [0.2, 0.25) is 5.91 Å². The predicted molar refractivity (Wildman–Crippen MR) is 129 cm³/mol. The molecule has 4 rings (SSSR count). The van der Waals surface area contributed by atoms with E-state index in [9.17, 15) is 4.79 Å². The number of piperazine rings is 1. The van der Waals surface area contributed by atoms with E-state index in [0.29, 0.717) is 0 Å². The van der Waals surface area contributed by atoms with Gasteiger partial charge in [0.15, 0.2) is 0 Å². The van der Waals surface area contributed by atoms with Crippen LogP contribution in [-0.4, -0.2) is 58.6 Å². The molecule has 1 fully saturated rings. The molecule has 2 aliphatic heterocycles. The molecule has 29 heavy (non-hydrogen) atoms. The maximum atomic E-state index is 13.7. The largest absolute Gasteiger partial charge is 0.314 e. The first kappa shape index (κ1) is 20.7. The summed E-state index contributed by atoms with van der Waals surface area (Å²) in [5.41, 5.74) is 3.64. The fourth-order valence-electron chi connectivity index (χ4n) is 4.03. The zero-order chi connectivity index (χ0) is 20.3. The highest BCUT2D eigenvalue weighted by molar-refractivity contribution is 14.2. The fraction of sp³-hybridized carbons (Fsp3) is 0.417. The van der Waals surface area contributed by atoms with Gasteiger partial charge in [-0.3, -0.25) is 4.79 Å². The Labute approximate surface area is 184 Å². The summed E-state index contributed by atoms with van der Waals surface area (Å²) in [6.45, 7) is 10.5. The van der Waals surface area contributed by atoms with Crippen LogP contribution in [0.5, 0.6) is 0 Å². The lowest BCUT2D eigenvalue weighted by molar-refractivity contribution is -0.128. The van der Waals surface area contributed by atoms with Gasteiger partial charge in [-0.15, -0.1) is 0 Å². The van der Waals surface area contributed by atoms with Crippen LogP contribution in [0.15, 0.2) is 54.6 Å². The standard InChI is InChI=1S/C24H30IN3O/c1-19-9-11-20(12-10-19)22-25-24(2,21-7-4-3-5-8-21)23(29)28(22)16-6-15-27-17-13-26-14-18-27/h3-5,7-12,26H,6,13-18H2,1-2H3. The lowest BCUT2D eigenvalue weighted by atomic mass is 9.99. The summed E-state index contributed by atoms with van der Waals surface area (Å²) in [5.74, 6) is 0.285. The van der Waals surface area contributed by atoms with Crippen LogP contribution in [-0.2, 0) is 8.22 Å². The molecule has 0 aromatic heterocycles. The topological polar surface area (TPSA) is 35.6 Å². The first-order valence-corrected chi connectivity index (χ1v) is 12.6. The molecule has 1 unspecified atom stereocenters. The van der Waals surface area contributed by atoms with Crippen LogP contribution in [0.2, 0.25) is 0 Å². The van der Waals surface area contributed by atoms with Gasteiger partial charge >= 0.3 is 0 Å². The van der Waals surface area contributed by atoms with Crippen molar-refractivity contribution in [2.45, 2.75) is 23.7 Å². The number of benzene rings is 2. The van der Waals surface area contributed by atoms with E-state index in [2.05, 4.69) is 77.5 Å². The van der Waals surface area contributed by atoms with E-state index in [1.807, 2.05) is 6.07 Å². The second kappa shape index (κ2) is 9.06. The lowest BCUT2D eigenvalue weighted by Gasteiger charge is -2.29. The molecule has 0 aliphatic carbocycles. The van der Waals surface area contributed by atoms with Crippen molar-refractivity contribution in [2.75, 3.05) is 39.3 Å². The van der Waals surface area contributed by atoms with Crippen LogP contribution >= 0.6 is 20.7 Å². The number of nitrogens with one attached hydrogen (secondary N) is 1. The molecule has 1 N–H and O–H groups in total. The number of hydrogen-bond donors (Lipinski definition) is 1. The molecular formula is C24H30IN3O. The number of nitrogens with zero attached hydrogens (tertiary/aromatic N) is 2. The monoisotopic (exact) mass is 503 g/mol. The Hall–Kier alpha value is -1.57. The molecule has 0 saturated carbocycles. The smallest absolute Gasteiger partial charge is 0.247 e. The minimum Gasteiger partial charge on any atom is -0.314 e. The Kier molecular flexibility index (Phi) is 6.47. The Bertz CT molecular complexity index is 875. The van der Waals surface area contributed by atoms with E-state index < -0.39 is 20.7 Å². The molecular weight excluding hydrogens is 473 g/mol. The van der Waals surface area contributed by atoms with Gasteiger partial charge in [0, 0.05) is 38.3 Å². The predicted octanol–water partition coefficient (Wildman–Crippen LogP) is 3.50. The van der Waals surface area contributed by atoms with E-state index >= 15 is 0 Å². The molecule has 5 heteroatoms. The maximum Gasteiger partial charge on any atom is 0.247 e. The van der Waals surface area contributed by atoms with Gasteiger partial charge in [-0.25, -0.2) is 0 Å². The molecule has 2 aromatic rings. The lowest BCUT2D eigenvalue weighted by Crippen LogP contribution is -2.45. The Balaban J connectivity index is 1.58. The molecule has 154 valence electrons. The van der Waals surface area contributed by atoms with E-state index in [1.165, 1.54) is 14.8 Å². The third-order valence-electron chi connectivity index (χ3n) is 5.83. The second-order valence-electron chi connectivity index (χ2n) is 8.02. The van der Waals surface area contributed by atoms with Crippen LogP contribution in [0.1, 0.15) is 30.0 Å². The van der Waals surface area contributed by atoms with Gasteiger partial charge in [-0.05, 0) is 32.4 Å². The van der Waals surface area contributed by atoms with Crippen molar-refractivity contribution in [1.29, 1.82) is 0 Å². The van der Waals surface area contributed by atoms with Crippen molar-refractivity contribution >= 4 is 30.3 Å². The summed E-state index contributed by atoms with van der Waals surface area (Å²) in [6, 6.07) is 19.1. The summed E-state index contributed by atoms with van der Waals surface area (Å²) < 4.78 is 0.899. The summed E-state index contributed by atoms with van der Waals surface area (Å²) in [5, 5.41) is 3.41. The molecule has 1 atom stereocenters. The summed E-state index contributed by atoms with van der Waals surface area (Å²) in [4.78, 5) is 18.3. The van der Waals surface area contributed by atoms with Crippen molar-refractivity contribution in [2.24, 2.45) is 0 Å². The first-order valence-electron chi connectivity index (χ1n) is 10.5. The van der Waals surface area contributed by atoms with Gasteiger partial charge in [0.1, 0.15) is 3.42 Å². The normalized spacial score (nSPS) is 23.0. The zero-order valence-corrected chi connectivity index (χ0v) is 19.5. The minimum atomic E-state index is -0.485. The van der Waals surface area contributed by atoms with Crippen LogP contribution in [0.4, 0.5) is 0 Å². The van der Waals surface area contributed by atoms with Gasteiger partial charge in [-0.1, -0.05) is 80.9 Å². The second-order valence-corrected chi connectivity index (χ2v) is 11.7. The Morgan fingerprint density at radius 1 is 1.00 bits per heavy atom. The van der Waals surface area contributed by atoms with Crippen molar-refractivity contribution in [1.82, 2.24) is 15.1 Å². The van der Waals surface area contributed by atoms with Crippen molar-refractivity contribution in [3.63, 3.8) is 0 Å². The minimum absolute atomic E-state index is 0.285. The average molecular weight is 503 g/mol. The van der Waals surface area contributed by atoms with Crippen LogP contribution < -0.4 is 5.32 Å². The highest BCUT2D eigenvalue weighted by Crippen LogP contribution is 2.45. The fourth-order valence-corrected chi connectivity index (χ4v) is 7.67. The van der Waals surface area contributed by atoms with Crippen molar-refractivity contribution < 1.29 is 4.79 Å². The Morgan fingerprint density at radius 2 is 1.69 bits per heavy atom. The van der Waals surface area contributed by atoms with E-state index in [0.717, 1.165) is 51.3 Å². The molecule has 0 radical (unpaired) electrons. The summed E-state index contributed by atoms with van der Waals surface area (Å²) in [7, 11) is 0. The van der Waals surface area contributed by atoms with Gasteiger partial charge in [0.25, 0.3) is 0 Å². The third kappa shape index (κ3) is 4.47. The van der Waals surface area contributed by atoms with Gasteiger partial charge in [-0.2, -0.15) is 0 Å². The molecule has 0 spiro atoms. The highest BCUT2D eigenvalue weighted by atomic mass is 127. The van der Waals surface area contributed by atoms with Crippen LogP contribution in [0.3, 0.4) is 0 Å². The van der Waals surface area contributed by atoms with E-state index in [4.69, 9.17) is 0 Å². The molecule has 1 amide bonds. The van der Waals surface area contributed by atoms with Crippen LogP contribution in [0.25, 0.3) is 0 Å². The molecule has 2 heterocycles. The zero-order valence-electron chi connectivity index (χ0n) is 17.3. The van der Waals surface area contributed by atoms with Gasteiger partial charge < -0.3 is 15.1 Å². The van der Waals surface area contributed by atoms with Crippen molar-refractivity contribution in [3.8, 4) is 0 Å². The maximum absolute atomic E-state index is 13.7. The van der Waals surface area contributed by atoms with Gasteiger partial charge in [0.05, 0.1) is 3.63 Å². The number of rotatable bonds is 6. The number of aryl methyl sites for hydroxylation is 1. The molecule has 0 bridgehead atoms. The highest BCUT2D eigenvalue weighted by Gasteiger charge is 2.45. The van der Waals surface area contributed by atoms with Crippen LogP contribution in [0, 0.1) is 6.92 Å². The molecule has 2 aliphatic rings. The number of carbonyl (C=O) groups excluding carboxylic acids is 1. The SMILES string of the molecule is Cc1ccc(C2=IC(C)(c3ccccc3)C(=O)N2CCCN2CCNCC2)cc1. The van der Waals surface area contributed by atoms with E-state index in [-0.39, 0.29) is 9.33 Å². The summed E-state index contributed by atoms with van der Waals surface area (Å²) in [6.07, 6.45) is 1.02. The van der Waals surface area contributed by atoms with E-state index in [1.54, 1.807) is 0 Å². The first-order chi connectivity index (χ1) is 14.1.